The van der Waals surface area contributed by atoms with Crippen LogP contribution in [0.5, 0.6) is 0 Å². The SMILES string of the molecule is O=C([O][Pd])C(F)(F)F.O=C([O][Pd])C(F)(F)F. The van der Waals surface area contributed by atoms with E-state index >= 15 is 0 Å². The molecular weight excluding hydrogens is 439 g/mol. The van der Waals surface area contributed by atoms with Gasteiger partial charge in [0.2, 0.25) is 0 Å². The van der Waals surface area contributed by atoms with E-state index in [0.29, 0.717) is 0 Å². The van der Waals surface area contributed by atoms with Crippen molar-refractivity contribution in [2.75, 3.05) is 0 Å². The molecule has 0 aromatic rings. The first-order valence-corrected chi connectivity index (χ1v) is 3.98. The third-order valence-electron chi connectivity index (χ3n) is 0.580. The summed E-state index contributed by atoms with van der Waals surface area (Å²) in [5.41, 5.74) is 0. The van der Waals surface area contributed by atoms with E-state index in [4.69, 9.17) is 0 Å². The van der Waals surface area contributed by atoms with Gasteiger partial charge >= 0.3 is 106 Å². The van der Waals surface area contributed by atoms with Gasteiger partial charge in [0.25, 0.3) is 0 Å². The van der Waals surface area contributed by atoms with Crippen molar-refractivity contribution in [3.63, 3.8) is 0 Å². The van der Waals surface area contributed by atoms with Crippen LogP contribution in [0.15, 0.2) is 0 Å². The topological polar surface area (TPSA) is 52.6 Å². The van der Waals surface area contributed by atoms with E-state index in [1.807, 2.05) is 0 Å². The van der Waals surface area contributed by atoms with Gasteiger partial charge in [-0.3, -0.25) is 0 Å². The van der Waals surface area contributed by atoms with Crippen molar-refractivity contribution in [3.05, 3.63) is 0 Å². The van der Waals surface area contributed by atoms with Crippen molar-refractivity contribution >= 4 is 11.9 Å². The molecule has 0 spiro atoms. The molecule has 0 aromatic carbocycles. The summed E-state index contributed by atoms with van der Waals surface area (Å²) in [6.07, 6.45) is -9.78. The Morgan fingerprint density at radius 1 is 0.750 bits per heavy atom. The van der Waals surface area contributed by atoms with Crippen molar-refractivity contribution in [1.82, 2.24) is 0 Å². The van der Waals surface area contributed by atoms with Crippen LogP contribution in [0.2, 0.25) is 0 Å². The Morgan fingerprint density at radius 3 is 0.938 bits per heavy atom. The zero-order valence-corrected chi connectivity index (χ0v) is 9.64. The molecule has 0 heterocycles. The van der Waals surface area contributed by atoms with Gasteiger partial charge in [-0.2, -0.15) is 0 Å². The molecule has 0 aromatic heterocycles. The summed E-state index contributed by atoms with van der Waals surface area (Å²) in [4.78, 5) is 18.9. The molecular formula is C4F6O4Pd2. The van der Waals surface area contributed by atoms with E-state index in [1.54, 1.807) is 39.1 Å². The van der Waals surface area contributed by atoms with Crippen LogP contribution in [0, 0.1) is 0 Å². The Morgan fingerprint density at radius 2 is 0.938 bits per heavy atom. The van der Waals surface area contributed by atoms with Crippen LogP contribution >= 0.6 is 0 Å². The van der Waals surface area contributed by atoms with E-state index in [-0.39, 0.29) is 0 Å². The van der Waals surface area contributed by atoms with Crippen LogP contribution in [0.1, 0.15) is 0 Å². The van der Waals surface area contributed by atoms with Gasteiger partial charge in [0.05, 0.1) is 0 Å². The number of halogens is 6. The molecule has 0 aliphatic carbocycles. The van der Waals surface area contributed by atoms with E-state index in [2.05, 4.69) is 6.92 Å². The molecule has 0 saturated carbocycles. The number of alkyl halides is 6. The molecule has 0 rings (SSSR count). The molecule has 0 atom stereocenters. The van der Waals surface area contributed by atoms with Crippen molar-refractivity contribution in [2.24, 2.45) is 0 Å². The molecule has 0 fully saturated rings. The van der Waals surface area contributed by atoms with Gasteiger partial charge in [-0.05, 0) is 0 Å². The van der Waals surface area contributed by atoms with Crippen LogP contribution in [0.3, 0.4) is 0 Å². The summed E-state index contributed by atoms with van der Waals surface area (Å²) in [6.45, 7) is 0. The maximum absolute atomic E-state index is 11.0. The van der Waals surface area contributed by atoms with Gasteiger partial charge in [-0.15, -0.1) is 0 Å². The first-order chi connectivity index (χ1) is 6.96. The van der Waals surface area contributed by atoms with E-state index in [1.165, 1.54) is 0 Å². The molecule has 4 nitrogen and oxygen atoms in total. The third-order valence-corrected chi connectivity index (χ3v) is 1.16. The van der Waals surface area contributed by atoms with E-state index < -0.39 is 24.3 Å². The van der Waals surface area contributed by atoms with Gasteiger partial charge in [-0.25, -0.2) is 0 Å². The van der Waals surface area contributed by atoms with Gasteiger partial charge in [0.1, 0.15) is 0 Å². The zero-order valence-electron chi connectivity index (χ0n) is 6.53. The minimum absolute atomic E-state index is 1.64. The van der Waals surface area contributed by atoms with Gasteiger partial charge in [-0.1, -0.05) is 0 Å². The summed E-state index contributed by atoms with van der Waals surface area (Å²) < 4.78 is 72.1. The summed E-state index contributed by atoms with van der Waals surface area (Å²) in [5, 5.41) is 0. The average Bonchev–Trinajstić information content (AvgIpc) is 2.13. The second-order valence-electron chi connectivity index (χ2n) is 1.70. The Balaban J connectivity index is 0. The minimum atomic E-state index is -4.89. The summed E-state index contributed by atoms with van der Waals surface area (Å²) in [7, 11) is 0. The third kappa shape index (κ3) is 9.10. The van der Waals surface area contributed by atoms with Gasteiger partial charge in [0.15, 0.2) is 0 Å². The van der Waals surface area contributed by atoms with E-state index in [9.17, 15) is 35.9 Å². The molecule has 0 bridgehead atoms. The van der Waals surface area contributed by atoms with Crippen molar-refractivity contribution < 1.29 is 82.0 Å². The van der Waals surface area contributed by atoms with Crippen molar-refractivity contribution in [2.45, 2.75) is 12.4 Å². The Labute approximate surface area is 106 Å². The molecule has 0 unspecified atom stereocenters. The second kappa shape index (κ2) is 7.23. The molecule has 0 aliphatic heterocycles. The second-order valence-corrected chi connectivity index (χ2v) is 2.33. The quantitative estimate of drug-likeness (QED) is 0.420. The summed E-state index contributed by atoms with van der Waals surface area (Å²) in [5.74, 6) is -4.47. The number of carbonyl (C=O) groups is 2. The summed E-state index contributed by atoms with van der Waals surface area (Å²) in [6, 6.07) is 0. The fourth-order valence-electron chi connectivity index (χ4n) is 0.0732. The Kier molecular flexibility index (Phi) is 8.23. The Hall–Kier alpha value is -0.155. The van der Waals surface area contributed by atoms with Crippen molar-refractivity contribution in [1.29, 1.82) is 0 Å². The Bertz CT molecular complexity index is 222. The standard InChI is InChI=1S/2C2HF3O2.2Pd/c2*3-2(4,5)1(6)7;;/h2*(H,6,7);;/q;;2*+1/p-2. The van der Waals surface area contributed by atoms with Crippen LogP contribution in [0.4, 0.5) is 26.3 Å². The predicted octanol–water partition coefficient (Wildman–Crippen LogP) is 1.11. The predicted molar refractivity (Wildman–Crippen MR) is 24.3 cm³/mol. The summed E-state index contributed by atoms with van der Waals surface area (Å²) >= 11 is 3.28. The molecule has 12 heteroatoms. The van der Waals surface area contributed by atoms with Crippen LogP contribution in [-0.2, 0) is 55.7 Å². The van der Waals surface area contributed by atoms with Crippen LogP contribution < -0.4 is 0 Å². The fourth-order valence-corrected chi connectivity index (χ4v) is 0.433. The number of hydrogen-bond donors (Lipinski definition) is 0. The average molecular weight is 439 g/mol. The zero-order chi connectivity index (χ0) is 13.6. The number of carbonyl (C=O) groups excluding carboxylic acids is 2. The molecule has 0 amide bonds. The van der Waals surface area contributed by atoms with E-state index in [0.717, 1.165) is 0 Å². The molecule has 0 saturated heterocycles. The van der Waals surface area contributed by atoms with Gasteiger partial charge in [0, 0.05) is 0 Å². The normalized spacial score (nSPS) is 11.1. The number of rotatable bonds is 0. The number of hydrogen-bond acceptors (Lipinski definition) is 4. The molecule has 102 valence electrons. The molecule has 0 radical (unpaired) electrons. The molecule has 0 N–H and O–H groups in total. The van der Waals surface area contributed by atoms with Gasteiger partial charge < -0.3 is 0 Å². The molecule has 0 aliphatic rings. The maximum atomic E-state index is 11.0. The van der Waals surface area contributed by atoms with Crippen LogP contribution in [-0.4, -0.2) is 24.3 Å². The first kappa shape index (κ1) is 18.2. The van der Waals surface area contributed by atoms with Crippen LogP contribution in [0.25, 0.3) is 0 Å². The first-order valence-electron chi connectivity index (χ1n) is 2.71. The monoisotopic (exact) mass is 438 g/mol. The van der Waals surface area contributed by atoms with Crippen molar-refractivity contribution in [3.8, 4) is 0 Å². The fraction of sp³-hybridized carbons (Fsp3) is 0.500. The molecule has 16 heavy (non-hydrogen) atoms.